The van der Waals surface area contributed by atoms with Gasteiger partial charge in [0.1, 0.15) is 6.04 Å². The van der Waals surface area contributed by atoms with Crippen LogP contribution in [-0.4, -0.2) is 25.5 Å². The van der Waals surface area contributed by atoms with E-state index in [0.717, 1.165) is 23.4 Å². The number of nitro groups is 1. The maximum absolute atomic E-state index is 13.3. The van der Waals surface area contributed by atoms with Gasteiger partial charge in [-0.3, -0.25) is 14.9 Å². The van der Waals surface area contributed by atoms with Gasteiger partial charge in [0.05, 0.1) is 4.92 Å². The summed E-state index contributed by atoms with van der Waals surface area (Å²) in [5, 5.41) is 19.8. The third-order valence-corrected chi connectivity index (χ3v) is 6.85. The zero-order valence-electron chi connectivity index (χ0n) is 18.3. The Labute approximate surface area is 195 Å². The molecule has 1 aliphatic carbocycles. The minimum Gasteiger partial charge on any atom is -0.328 e. The Bertz CT molecular complexity index is 1270. The van der Waals surface area contributed by atoms with Gasteiger partial charge in [0.15, 0.2) is 5.78 Å². The van der Waals surface area contributed by atoms with Gasteiger partial charge in [-0.2, -0.15) is 4.98 Å². The van der Waals surface area contributed by atoms with Gasteiger partial charge >= 0.3 is 0 Å². The van der Waals surface area contributed by atoms with Gasteiger partial charge in [-0.05, 0) is 35.1 Å². The lowest BCUT2D eigenvalue weighted by molar-refractivity contribution is -0.384. The first-order valence-corrected chi connectivity index (χ1v) is 11.7. The van der Waals surface area contributed by atoms with Gasteiger partial charge in [0, 0.05) is 35.6 Å². The van der Waals surface area contributed by atoms with E-state index in [4.69, 9.17) is 10.1 Å². The van der Waals surface area contributed by atoms with E-state index in [0.29, 0.717) is 23.1 Å². The second-order valence-electron chi connectivity index (χ2n) is 9.15. The number of nitrogens with one attached hydrogen (secondary N) is 1. The van der Waals surface area contributed by atoms with Crippen molar-refractivity contribution in [2.45, 2.75) is 43.6 Å². The summed E-state index contributed by atoms with van der Waals surface area (Å²) in [5.41, 5.74) is 3.32. The molecule has 3 aromatic rings. The topological polar surface area (TPSA) is 103 Å². The molecule has 0 amide bonds. The van der Waals surface area contributed by atoms with Crippen LogP contribution in [0.5, 0.6) is 0 Å². The Balaban J connectivity index is 1.54. The maximum atomic E-state index is 13.3. The molecule has 1 unspecified atom stereocenters. The predicted molar refractivity (Wildman–Crippen MR) is 126 cm³/mol. The van der Waals surface area contributed by atoms with Crippen LogP contribution in [-0.2, 0) is 10.5 Å². The van der Waals surface area contributed by atoms with E-state index in [9.17, 15) is 14.9 Å². The molecular weight excluding hydrogens is 438 g/mol. The molecule has 9 heteroatoms. The number of anilines is 1. The Morgan fingerprint density at radius 2 is 1.88 bits per heavy atom. The van der Waals surface area contributed by atoms with Crippen LogP contribution in [0.25, 0.3) is 0 Å². The van der Waals surface area contributed by atoms with Gasteiger partial charge in [-0.15, -0.1) is 5.10 Å². The molecule has 8 nitrogen and oxygen atoms in total. The van der Waals surface area contributed by atoms with Gasteiger partial charge in [0.25, 0.3) is 5.69 Å². The number of nitrogens with zero attached hydrogens (tertiary/aromatic N) is 4. The van der Waals surface area contributed by atoms with Crippen LogP contribution in [0.3, 0.4) is 0 Å². The first kappa shape index (κ1) is 21.4. The molecule has 2 aliphatic rings. The first-order valence-electron chi connectivity index (χ1n) is 10.7. The van der Waals surface area contributed by atoms with Crippen molar-refractivity contribution in [2.24, 2.45) is 5.41 Å². The van der Waals surface area contributed by atoms with Gasteiger partial charge < -0.3 is 5.32 Å². The summed E-state index contributed by atoms with van der Waals surface area (Å²) in [5.74, 6) is 1.38. The van der Waals surface area contributed by atoms with E-state index < -0.39 is 11.0 Å². The summed E-state index contributed by atoms with van der Waals surface area (Å²) >= 11 is 1.53. The first-order chi connectivity index (χ1) is 15.8. The average molecular weight is 462 g/mol. The highest BCUT2D eigenvalue weighted by atomic mass is 32.2. The highest BCUT2D eigenvalue weighted by molar-refractivity contribution is 7.98. The molecule has 0 saturated heterocycles. The fourth-order valence-corrected chi connectivity index (χ4v) is 5.24. The third-order valence-electron chi connectivity index (χ3n) is 5.94. The fraction of sp³-hybridized carbons (Fsp3) is 0.292. The SMILES string of the molecule is CC1(C)CC(=O)C2=C(C1)Nc1nc(SCc3ccccc3)nn1C2c1ccc([N+](=O)[O-])cc1. The highest BCUT2D eigenvalue weighted by Gasteiger charge is 2.42. The number of nitro benzene ring substituents is 1. The quantitative estimate of drug-likeness (QED) is 0.319. The second kappa shape index (κ2) is 8.15. The monoisotopic (exact) mass is 461 g/mol. The van der Waals surface area contributed by atoms with Crippen molar-refractivity contribution in [1.82, 2.24) is 14.8 Å². The van der Waals surface area contributed by atoms with E-state index in [2.05, 4.69) is 31.3 Å². The molecule has 0 radical (unpaired) electrons. The number of benzene rings is 2. The number of rotatable bonds is 5. The van der Waals surface area contributed by atoms with Crippen LogP contribution in [0, 0.1) is 15.5 Å². The second-order valence-corrected chi connectivity index (χ2v) is 10.1. The van der Waals surface area contributed by atoms with E-state index in [1.165, 1.54) is 29.5 Å². The Kier molecular flexibility index (Phi) is 5.28. The molecule has 2 heterocycles. The molecule has 168 valence electrons. The Morgan fingerprint density at radius 3 is 2.58 bits per heavy atom. The van der Waals surface area contributed by atoms with Crippen LogP contribution in [0.4, 0.5) is 11.6 Å². The highest BCUT2D eigenvalue weighted by Crippen LogP contribution is 2.45. The van der Waals surface area contributed by atoms with Crippen LogP contribution in [0.1, 0.15) is 43.9 Å². The minimum absolute atomic E-state index is 0.0101. The van der Waals surface area contributed by atoms with Crippen molar-refractivity contribution in [2.75, 3.05) is 5.32 Å². The molecule has 1 aliphatic heterocycles. The zero-order valence-corrected chi connectivity index (χ0v) is 19.1. The lowest BCUT2D eigenvalue weighted by Crippen LogP contribution is -2.36. The lowest BCUT2D eigenvalue weighted by atomic mass is 9.73. The third kappa shape index (κ3) is 4.16. The summed E-state index contributed by atoms with van der Waals surface area (Å²) in [7, 11) is 0. The molecule has 33 heavy (non-hydrogen) atoms. The van der Waals surface area contributed by atoms with E-state index >= 15 is 0 Å². The number of Topliss-reactive ketones (excluding diaryl/α,β-unsaturated/α-hetero) is 1. The number of aromatic nitrogens is 3. The smallest absolute Gasteiger partial charge is 0.269 e. The van der Waals surface area contributed by atoms with Gasteiger partial charge in [-0.1, -0.05) is 55.9 Å². The molecule has 5 rings (SSSR count). The molecule has 0 saturated carbocycles. The van der Waals surface area contributed by atoms with Crippen LogP contribution in [0.2, 0.25) is 0 Å². The fourth-order valence-electron chi connectivity index (χ4n) is 4.46. The number of hydrogen-bond acceptors (Lipinski definition) is 7. The number of non-ortho nitro benzene ring substituents is 1. The summed E-state index contributed by atoms with van der Waals surface area (Å²) < 4.78 is 1.74. The number of carbonyl (C=O) groups is 1. The van der Waals surface area contributed by atoms with Crippen molar-refractivity contribution in [3.63, 3.8) is 0 Å². The molecule has 0 spiro atoms. The lowest BCUT2D eigenvalue weighted by Gasteiger charge is -2.38. The van der Waals surface area contributed by atoms with Crippen molar-refractivity contribution in [1.29, 1.82) is 0 Å². The van der Waals surface area contributed by atoms with E-state index in [-0.39, 0.29) is 16.9 Å². The van der Waals surface area contributed by atoms with Crippen LogP contribution >= 0.6 is 11.8 Å². The predicted octanol–water partition coefficient (Wildman–Crippen LogP) is 5.14. The van der Waals surface area contributed by atoms with Crippen LogP contribution in [0.15, 0.2) is 71.0 Å². The van der Waals surface area contributed by atoms with Crippen molar-refractivity contribution >= 4 is 29.2 Å². The van der Waals surface area contributed by atoms with Gasteiger partial charge in [-0.25, -0.2) is 4.68 Å². The zero-order chi connectivity index (χ0) is 23.2. The van der Waals surface area contributed by atoms with Crippen molar-refractivity contribution in [3.05, 3.63) is 87.1 Å². The number of ketones is 1. The van der Waals surface area contributed by atoms with E-state index in [1.54, 1.807) is 16.8 Å². The minimum atomic E-state index is -0.473. The van der Waals surface area contributed by atoms with Gasteiger partial charge in [0.2, 0.25) is 11.1 Å². The number of carbonyl (C=O) groups excluding carboxylic acids is 1. The Hall–Kier alpha value is -3.46. The maximum Gasteiger partial charge on any atom is 0.269 e. The average Bonchev–Trinajstić information content (AvgIpc) is 3.18. The normalized spacial score (nSPS) is 19.0. The molecule has 1 aromatic heterocycles. The Morgan fingerprint density at radius 1 is 1.15 bits per heavy atom. The number of hydrogen-bond donors (Lipinski definition) is 1. The number of thioether (sulfide) groups is 1. The largest absolute Gasteiger partial charge is 0.328 e. The summed E-state index contributed by atoms with van der Waals surface area (Å²) in [6.45, 7) is 4.16. The molecule has 0 bridgehead atoms. The molecule has 1 N–H and O–H groups in total. The molecular formula is C24H23N5O3S. The number of fused-ring (bicyclic) bond motifs is 1. The van der Waals surface area contributed by atoms with E-state index in [1.807, 2.05) is 18.2 Å². The summed E-state index contributed by atoms with van der Waals surface area (Å²) in [4.78, 5) is 28.7. The molecule has 1 atom stereocenters. The molecule has 0 fully saturated rings. The van der Waals surface area contributed by atoms with Crippen molar-refractivity contribution in [3.8, 4) is 0 Å². The van der Waals surface area contributed by atoms with Crippen molar-refractivity contribution < 1.29 is 9.72 Å². The number of allylic oxidation sites excluding steroid dienone is 2. The summed E-state index contributed by atoms with van der Waals surface area (Å²) in [6.07, 6.45) is 1.16. The standard InChI is InChI=1S/C24H23N5O3S/c1-24(2)12-18-20(19(30)13-24)21(16-8-10-17(11-9-16)29(31)32)28-22(25-18)26-23(27-28)33-14-15-6-4-3-5-7-15/h3-11,21H,12-14H2,1-2H3,(H,25,26,27). The van der Waals surface area contributed by atoms with Crippen LogP contribution < -0.4 is 5.32 Å². The summed E-state index contributed by atoms with van der Waals surface area (Å²) in [6, 6.07) is 16.0. The molecule has 2 aromatic carbocycles.